The Bertz CT molecular complexity index is 1700. The number of hydrogen-bond donors (Lipinski definition) is 1. The van der Waals surface area contributed by atoms with Gasteiger partial charge in [-0.25, -0.2) is 8.42 Å². The maximum absolute atomic E-state index is 14.5. The van der Waals surface area contributed by atoms with E-state index in [1.165, 1.54) is 17.0 Å². The molecule has 0 aliphatic rings. The van der Waals surface area contributed by atoms with E-state index in [1.54, 1.807) is 55.5 Å². The molecule has 0 heterocycles. The molecule has 2 amide bonds. The van der Waals surface area contributed by atoms with Gasteiger partial charge in [-0.3, -0.25) is 13.9 Å². The Morgan fingerprint density at radius 1 is 0.795 bits per heavy atom. The third-order valence-electron chi connectivity index (χ3n) is 7.06. The van der Waals surface area contributed by atoms with Gasteiger partial charge in [-0.2, -0.15) is 0 Å². The minimum absolute atomic E-state index is 0.00355. The van der Waals surface area contributed by atoms with Crippen LogP contribution in [0.2, 0.25) is 10.0 Å². The van der Waals surface area contributed by atoms with Gasteiger partial charge in [0.05, 0.1) is 20.6 Å². The third-order valence-corrected chi connectivity index (χ3v) is 9.59. The molecule has 1 N–H and O–H groups in total. The second kappa shape index (κ2) is 14.8. The Kier molecular flexibility index (Phi) is 11.1. The van der Waals surface area contributed by atoms with Crippen LogP contribution in [-0.2, 0) is 32.6 Å². The molecule has 44 heavy (non-hydrogen) atoms. The van der Waals surface area contributed by atoms with Crippen molar-refractivity contribution in [2.24, 2.45) is 0 Å². The van der Waals surface area contributed by atoms with Crippen molar-refractivity contribution in [3.05, 3.63) is 129 Å². The third kappa shape index (κ3) is 8.20. The topological polar surface area (TPSA) is 86.8 Å². The highest BCUT2D eigenvalue weighted by atomic mass is 35.5. The molecule has 0 bridgehead atoms. The monoisotopic (exact) mass is 651 g/mol. The number of sulfonamides is 1. The first-order valence-electron chi connectivity index (χ1n) is 14.2. The van der Waals surface area contributed by atoms with Crippen molar-refractivity contribution in [3.8, 4) is 0 Å². The summed E-state index contributed by atoms with van der Waals surface area (Å²) in [5.74, 6) is -0.907. The quantitative estimate of drug-likeness (QED) is 0.187. The van der Waals surface area contributed by atoms with Crippen molar-refractivity contribution in [1.29, 1.82) is 0 Å². The predicted molar refractivity (Wildman–Crippen MR) is 177 cm³/mol. The van der Waals surface area contributed by atoms with E-state index in [4.69, 9.17) is 23.2 Å². The van der Waals surface area contributed by atoms with Crippen LogP contribution in [0.3, 0.4) is 0 Å². The largest absolute Gasteiger partial charge is 0.355 e. The van der Waals surface area contributed by atoms with E-state index >= 15 is 0 Å². The maximum Gasteiger partial charge on any atom is 0.264 e. The predicted octanol–water partition coefficient (Wildman–Crippen LogP) is 6.58. The number of nitrogens with zero attached hydrogens (tertiary/aromatic N) is 2. The molecule has 4 aromatic carbocycles. The minimum atomic E-state index is -4.17. The molecule has 0 unspecified atom stereocenters. The maximum atomic E-state index is 14.5. The standard InChI is InChI=1S/C34H35Cl2N3O4S/c1-4-37-34(41)32(21-26-11-7-5-8-12-26)38(22-27-15-16-30(35)31(36)20-27)33(40)23-39(28-18-24(2)17-25(3)19-28)44(42,43)29-13-9-6-10-14-29/h5-20,32H,4,21-23H2,1-3H3,(H,37,41)/t32-/m0/s1. The minimum Gasteiger partial charge on any atom is -0.355 e. The summed E-state index contributed by atoms with van der Waals surface area (Å²) in [5, 5.41) is 3.51. The molecule has 1 atom stereocenters. The van der Waals surface area contributed by atoms with Gasteiger partial charge in [0.2, 0.25) is 11.8 Å². The molecule has 230 valence electrons. The van der Waals surface area contributed by atoms with Crippen LogP contribution in [0.25, 0.3) is 0 Å². The van der Waals surface area contributed by atoms with Crippen LogP contribution in [-0.4, -0.2) is 44.3 Å². The first kappa shape index (κ1) is 33.1. The van der Waals surface area contributed by atoms with E-state index in [-0.39, 0.29) is 23.8 Å². The fourth-order valence-corrected chi connectivity index (χ4v) is 6.76. The number of nitrogens with one attached hydrogen (secondary N) is 1. The molecule has 4 aromatic rings. The Morgan fingerprint density at radius 2 is 1.41 bits per heavy atom. The molecule has 0 fully saturated rings. The molecule has 0 spiro atoms. The van der Waals surface area contributed by atoms with Crippen LogP contribution >= 0.6 is 23.2 Å². The Morgan fingerprint density at radius 3 is 2.00 bits per heavy atom. The van der Waals surface area contributed by atoms with Gasteiger partial charge in [0.15, 0.2) is 0 Å². The lowest BCUT2D eigenvalue weighted by molar-refractivity contribution is -0.140. The summed E-state index contributed by atoms with van der Waals surface area (Å²) in [5.41, 5.74) is 3.53. The zero-order chi connectivity index (χ0) is 31.9. The fourth-order valence-electron chi connectivity index (χ4n) is 5.02. The zero-order valence-corrected chi connectivity index (χ0v) is 27.2. The molecule has 0 saturated carbocycles. The van der Waals surface area contributed by atoms with E-state index < -0.39 is 28.5 Å². The van der Waals surface area contributed by atoms with Gasteiger partial charge in [-0.1, -0.05) is 83.9 Å². The summed E-state index contributed by atoms with van der Waals surface area (Å²) in [6.45, 7) is 5.36. The average Bonchev–Trinajstić information content (AvgIpc) is 2.99. The summed E-state index contributed by atoms with van der Waals surface area (Å²) in [7, 11) is -4.17. The molecule has 7 nitrogen and oxygen atoms in total. The van der Waals surface area contributed by atoms with Crippen molar-refractivity contribution in [3.63, 3.8) is 0 Å². The van der Waals surface area contributed by atoms with Crippen LogP contribution in [0.15, 0.2) is 102 Å². The van der Waals surface area contributed by atoms with Crippen molar-refractivity contribution in [2.75, 3.05) is 17.4 Å². The van der Waals surface area contributed by atoms with Gasteiger partial charge in [-0.05, 0) is 79.4 Å². The lowest BCUT2D eigenvalue weighted by atomic mass is 10.0. The number of hydrogen-bond acceptors (Lipinski definition) is 4. The van der Waals surface area contributed by atoms with E-state index in [0.29, 0.717) is 27.8 Å². The summed E-state index contributed by atoms with van der Waals surface area (Å²) < 4.78 is 29.3. The average molecular weight is 653 g/mol. The van der Waals surface area contributed by atoms with Crippen molar-refractivity contribution < 1.29 is 18.0 Å². The molecule has 0 aliphatic heterocycles. The van der Waals surface area contributed by atoms with Crippen LogP contribution in [0.1, 0.15) is 29.2 Å². The molecule has 4 rings (SSSR count). The first-order chi connectivity index (χ1) is 21.0. The molecular weight excluding hydrogens is 617 g/mol. The van der Waals surface area contributed by atoms with E-state index in [9.17, 15) is 18.0 Å². The highest BCUT2D eigenvalue weighted by Gasteiger charge is 2.34. The van der Waals surface area contributed by atoms with Crippen molar-refractivity contribution >= 4 is 50.7 Å². The van der Waals surface area contributed by atoms with Crippen LogP contribution in [0, 0.1) is 13.8 Å². The summed E-state index contributed by atoms with van der Waals surface area (Å²) >= 11 is 12.5. The highest BCUT2D eigenvalue weighted by Crippen LogP contribution is 2.28. The van der Waals surface area contributed by atoms with Gasteiger partial charge < -0.3 is 10.2 Å². The number of benzene rings is 4. The number of aryl methyl sites for hydroxylation is 2. The Labute approximate surface area is 269 Å². The number of carbonyl (C=O) groups is 2. The van der Waals surface area contributed by atoms with Crippen molar-refractivity contribution in [2.45, 2.75) is 44.7 Å². The summed E-state index contributed by atoms with van der Waals surface area (Å²) in [6, 6.07) is 26.8. The van der Waals surface area contributed by atoms with Crippen LogP contribution in [0.4, 0.5) is 5.69 Å². The van der Waals surface area contributed by atoms with Crippen molar-refractivity contribution in [1.82, 2.24) is 10.2 Å². The second-order valence-electron chi connectivity index (χ2n) is 10.5. The second-order valence-corrected chi connectivity index (χ2v) is 13.2. The van der Waals surface area contributed by atoms with Gasteiger partial charge in [0.25, 0.3) is 10.0 Å². The Hall–Kier alpha value is -3.85. The van der Waals surface area contributed by atoms with Gasteiger partial charge in [0.1, 0.15) is 12.6 Å². The van der Waals surface area contributed by atoms with E-state index in [2.05, 4.69) is 5.32 Å². The SMILES string of the molecule is CCNC(=O)[C@H](Cc1ccccc1)N(Cc1ccc(Cl)c(Cl)c1)C(=O)CN(c1cc(C)cc(C)c1)S(=O)(=O)c1ccccc1. The van der Waals surface area contributed by atoms with E-state index in [0.717, 1.165) is 21.0 Å². The number of carbonyl (C=O) groups excluding carboxylic acids is 2. The van der Waals surface area contributed by atoms with Gasteiger partial charge in [-0.15, -0.1) is 0 Å². The summed E-state index contributed by atoms with van der Waals surface area (Å²) in [4.78, 5) is 29.5. The Balaban J connectivity index is 1.82. The molecular formula is C34H35Cl2N3O4S. The highest BCUT2D eigenvalue weighted by molar-refractivity contribution is 7.92. The normalized spacial score (nSPS) is 11.9. The lowest BCUT2D eigenvalue weighted by Crippen LogP contribution is -2.53. The van der Waals surface area contributed by atoms with E-state index in [1.807, 2.05) is 50.2 Å². The number of likely N-dealkylation sites (N-methyl/N-ethyl adjacent to an activating group) is 1. The number of rotatable bonds is 12. The number of amides is 2. The lowest BCUT2D eigenvalue weighted by Gasteiger charge is -2.34. The smallest absolute Gasteiger partial charge is 0.264 e. The molecule has 0 aliphatic carbocycles. The van der Waals surface area contributed by atoms with Gasteiger partial charge >= 0.3 is 0 Å². The molecule has 0 saturated heterocycles. The summed E-state index contributed by atoms with van der Waals surface area (Å²) in [6.07, 6.45) is 0.217. The fraction of sp³-hybridized carbons (Fsp3) is 0.235. The number of halogens is 2. The molecule has 0 radical (unpaired) electrons. The first-order valence-corrected chi connectivity index (χ1v) is 16.4. The number of anilines is 1. The zero-order valence-electron chi connectivity index (χ0n) is 24.8. The molecule has 10 heteroatoms. The van der Waals surface area contributed by atoms with Crippen LogP contribution in [0.5, 0.6) is 0 Å². The van der Waals surface area contributed by atoms with Gasteiger partial charge in [0, 0.05) is 19.5 Å². The molecule has 0 aromatic heterocycles. The van der Waals surface area contributed by atoms with Crippen LogP contribution < -0.4 is 9.62 Å².